The molecule has 0 radical (unpaired) electrons. The fraction of sp³-hybridized carbons (Fsp3) is 0.133. The number of nitrogens with one attached hydrogen (secondary N) is 2. The van der Waals surface area contributed by atoms with Crippen LogP contribution < -0.4 is 15.0 Å². The minimum absolute atomic E-state index is 0.232. The molecule has 2 amide bonds. The second kappa shape index (κ2) is 7.61. The molecular formula is C15H15AsN2O2. The molecule has 0 bridgehead atoms. The quantitative estimate of drug-likeness (QED) is 0.821. The summed E-state index contributed by atoms with van der Waals surface area (Å²) in [6.07, 6.45) is 0.799. The third kappa shape index (κ3) is 4.63. The minimum atomic E-state index is -1.01. The van der Waals surface area contributed by atoms with Gasteiger partial charge in [-0.05, 0) is 0 Å². The van der Waals surface area contributed by atoms with Gasteiger partial charge < -0.3 is 0 Å². The molecule has 0 saturated heterocycles. The molecule has 2 aromatic rings. The van der Waals surface area contributed by atoms with Crippen LogP contribution >= 0.6 is 0 Å². The Kier molecular flexibility index (Phi) is 5.51. The van der Waals surface area contributed by atoms with E-state index in [0.717, 1.165) is 10.8 Å². The van der Waals surface area contributed by atoms with Gasteiger partial charge in [0.1, 0.15) is 0 Å². The zero-order valence-corrected chi connectivity index (χ0v) is 12.8. The second-order valence-electron chi connectivity index (χ2n) is 4.25. The molecule has 2 N–H and O–H groups in total. The van der Waals surface area contributed by atoms with Crippen molar-refractivity contribution in [3.8, 4) is 0 Å². The van der Waals surface area contributed by atoms with Crippen LogP contribution in [0, 0.1) is 0 Å². The van der Waals surface area contributed by atoms with E-state index in [1.54, 1.807) is 24.3 Å². The van der Waals surface area contributed by atoms with Crippen molar-refractivity contribution < 1.29 is 8.53 Å². The Morgan fingerprint density at radius 3 is 2.35 bits per heavy atom. The van der Waals surface area contributed by atoms with Gasteiger partial charge >= 0.3 is 118 Å². The number of urea groups is 1. The molecular weight excluding hydrogens is 315 g/mol. The van der Waals surface area contributed by atoms with E-state index < -0.39 is 15.7 Å². The Hall–Kier alpha value is -1.93. The fourth-order valence-electron chi connectivity index (χ4n) is 1.75. The molecule has 4 nitrogen and oxygen atoms in total. The van der Waals surface area contributed by atoms with E-state index >= 15 is 0 Å². The number of carbonyl (C=O) groups is 1. The first-order valence-electron chi connectivity index (χ1n) is 6.30. The van der Waals surface area contributed by atoms with Crippen LogP contribution in [-0.4, -0.2) is 28.3 Å². The van der Waals surface area contributed by atoms with Crippen LogP contribution in [0.2, 0.25) is 0 Å². The summed E-state index contributed by atoms with van der Waals surface area (Å²) in [5.41, 5.74) is 1.89. The van der Waals surface area contributed by atoms with Crippen molar-refractivity contribution in [2.75, 3.05) is 11.9 Å². The first-order valence-corrected chi connectivity index (χ1v) is 8.00. The van der Waals surface area contributed by atoms with Crippen molar-refractivity contribution in [3.05, 3.63) is 60.2 Å². The fourth-order valence-corrected chi connectivity index (χ4v) is 2.31. The Bertz CT molecular complexity index is 570. The van der Waals surface area contributed by atoms with Gasteiger partial charge in [-0.15, -0.1) is 0 Å². The van der Waals surface area contributed by atoms with E-state index in [0.29, 0.717) is 12.2 Å². The standard InChI is InChI=1S/C15H15AsN2O2/c19-15(17-11-10-12-4-2-1-3-5-12)18-14-8-6-13(16-20)7-9-14/h1-9H,10-11H2,(H2,17,18,19). The molecule has 0 aliphatic rings. The first-order chi connectivity index (χ1) is 9.78. The predicted molar refractivity (Wildman–Crippen MR) is 79.7 cm³/mol. The molecule has 20 heavy (non-hydrogen) atoms. The number of hydrogen-bond acceptors (Lipinski definition) is 2. The van der Waals surface area contributed by atoms with Gasteiger partial charge in [0.05, 0.1) is 0 Å². The van der Waals surface area contributed by atoms with Gasteiger partial charge in [-0.2, -0.15) is 0 Å². The number of benzene rings is 2. The molecule has 0 aliphatic heterocycles. The van der Waals surface area contributed by atoms with E-state index in [2.05, 4.69) is 10.6 Å². The summed E-state index contributed by atoms with van der Waals surface area (Å²) >= 11 is -1.01. The van der Waals surface area contributed by atoms with E-state index in [9.17, 15) is 8.53 Å². The van der Waals surface area contributed by atoms with Crippen LogP contribution in [-0.2, 0) is 10.2 Å². The van der Waals surface area contributed by atoms with Crippen molar-refractivity contribution in [2.24, 2.45) is 0 Å². The summed E-state index contributed by atoms with van der Waals surface area (Å²) in [5.74, 6) is 0. The van der Waals surface area contributed by atoms with Gasteiger partial charge in [0.15, 0.2) is 0 Å². The van der Waals surface area contributed by atoms with Crippen LogP contribution in [0.25, 0.3) is 0 Å². The molecule has 0 unspecified atom stereocenters. The topological polar surface area (TPSA) is 58.2 Å². The third-order valence-corrected chi connectivity index (χ3v) is 3.84. The molecule has 2 aromatic carbocycles. The Morgan fingerprint density at radius 1 is 1.00 bits per heavy atom. The molecule has 102 valence electrons. The maximum absolute atomic E-state index is 11.7. The monoisotopic (exact) mass is 330 g/mol. The Morgan fingerprint density at radius 2 is 1.70 bits per heavy atom. The Labute approximate surface area is 124 Å². The molecule has 0 saturated carbocycles. The molecule has 0 atom stereocenters. The summed E-state index contributed by atoms with van der Waals surface area (Å²) in [6.45, 7) is 0.582. The van der Waals surface area contributed by atoms with Gasteiger partial charge in [-0.1, -0.05) is 6.07 Å². The first kappa shape index (κ1) is 14.5. The van der Waals surface area contributed by atoms with Crippen molar-refractivity contribution >= 4 is 31.8 Å². The molecule has 5 heteroatoms. The van der Waals surface area contributed by atoms with Gasteiger partial charge in [-0.3, -0.25) is 0 Å². The van der Waals surface area contributed by atoms with Crippen molar-refractivity contribution in [2.45, 2.75) is 6.42 Å². The van der Waals surface area contributed by atoms with Crippen molar-refractivity contribution in [1.29, 1.82) is 0 Å². The molecule has 0 heterocycles. The summed E-state index contributed by atoms with van der Waals surface area (Å²) in [4.78, 5) is 11.7. The van der Waals surface area contributed by atoms with E-state index in [4.69, 9.17) is 0 Å². The molecule has 0 fully saturated rings. The molecule has 0 spiro atoms. The normalized spacial score (nSPS) is 10.2. The van der Waals surface area contributed by atoms with Gasteiger partial charge in [-0.25, -0.2) is 0 Å². The van der Waals surface area contributed by atoms with E-state index in [-0.39, 0.29) is 6.03 Å². The summed E-state index contributed by atoms with van der Waals surface area (Å²) in [5, 5.41) is 5.54. The van der Waals surface area contributed by atoms with E-state index in [1.807, 2.05) is 30.3 Å². The number of amides is 2. The number of anilines is 1. The number of carbonyl (C=O) groups excluding carboxylic acids is 1. The van der Waals surface area contributed by atoms with Crippen LogP contribution in [0.15, 0.2) is 54.6 Å². The summed E-state index contributed by atoms with van der Waals surface area (Å²) in [6, 6.07) is 16.8. The number of rotatable bonds is 5. The van der Waals surface area contributed by atoms with Gasteiger partial charge in [0.25, 0.3) is 0 Å². The average Bonchev–Trinajstić information content (AvgIpc) is 2.49. The average molecular weight is 330 g/mol. The van der Waals surface area contributed by atoms with Crippen LogP contribution in [0.5, 0.6) is 0 Å². The Balaban J connectivity index is 1.76. The van der Waals surface area contributed by atoms with Crippen molar-refractivity contribution in [1.82, 2.24) is 5.32 Å². The molecule has 0 aliphatic carbocycles. The van der Waals surface area contributed by atoms with Crippen molar-refractivity contribution in [3.63, 3.8) is 0 Å². The van der Waals surface area contributed by atoms with Gasteiger partial charge in [0, 0.05) is 0 Å². The van der Waals surface area contributed by atoms with Crippen LogP contribution in [0.3, 0.4) is 0 Å². The third-order valence-electron chi connectivity index (χ3n) is 2.77. The zero-order chi connectivity index (χ0) is 14.2. The van der Waals surface area contributed by atoms with Crippen LogP contribution in [0.1, 0.15) is 5.56 Å². The van der Waals surface area contributed by atoms with Gasteiger partial charge in [0.2, 0.25) is 0 Å². The second-order valence-corrected chi connectivity index (χ2v) is 5.72. The molecule has 2 rings (SSSR count). The van der Waals surface area contributed by atoms with Crippen LogP contribution in [0.4, 0.5) is 10.5 Å². The maximum atomic E-state index is 11.7. The summed E-state index contributed by atoms with van der Waals surface area (Å²) in [7, 11) is 0. The SMILES string of the molecule is O=[As]c1ccc(NC(=O)NCCc2ccccc2)cc1. The molecule has 0 aromatic heterocycles. The number of hydrogen-bond donors (Lipinski definition) is 2. The summed E-state index contributed by atoms with van der Waals surface area (Å²) < 4.78 is 11.5. The predicted octanol–water partition coefficient (Wildman–Crippen LogP) is 1.73. The van der Waals surface area contributed by atoms with E-state index in [1.165, 1.54) is 5.56 Å². The zero-order valence-electron chi connectivity index (χ0n) is 10.9.